The summed E-state index contributed by atoms with van der Waals surface area (Å²) in [5.41, 5.74) is 1.91. The minimum atomic E-state index is 0.0572. The number of hydrogen-bond donors (Lipinski definition) is 1. The molecule has 1 unspecified atom stereocenters. The van der Waals surface area contributed by atoms with Gasteiger partial charge in [-0.1, -0.05) is 18.2 Å². The number of fused-ring (bicyclic) bond motifs is 1. The maximum absolute atomic E-state index is 9.56. The zero-order valence-corrected chi connectivity index (χ0v) is 11.5. The molecule has 1 N–H and O–H groups in total. The fraction of sp³-hybridized carbons (Fsp3) is 0.438. The first-order chi connectivity index (χ1) is 9.20. The van der Waals surface area contributed by atoms with Gasteiger partial charge in [-0.25, -0.2) is 4.98 Å². The predicted molar refractivity (Wildman–Crippen MR) is 78.3 cm³/mol. The van der Waals surface area contributed by atoms with Crippen LogP contribution in [0.2, 0.25) is 0 Å². The van der Waals surface area contributed by atoms with Crippen LogP contribution in [-0.4, -0.2) is 23.2 Å². The zero-order chi connectivity index (χ0) is 13.4. The molecule has 0 radical (unpaired) electrons. The molecule has 1 aliphatic carbocycles. The van der Waals surface area contributed by atoms with E-state index in [2.05, 4.69) is 18.9 Å². The average Bonchev–Trinajstić information content (AvgIpc) is 3.29. The second-order valence-corrected chi connectivity index (χ2v) is 5.50. The molecule has 1 aromatic carbocycles. The van der Waals surface area contributed by atoms with E-state index in [-0.39, 0.29) is 6.61 Å². The Bertz CT molecular complexity index is 592. The summed E-state index contributed by atoms with van der Waals surface area (Å²) in [5, 5.41) is 10.6. The van der Waals surface area contributed by atoms with Gasteiger partial charge in [0.05, 0.1) is 12.1 Å². The molecule has 0 saturated heterocycles. The van der Waals surface area contributed by atoms with Gasteiger partial charge in [-0.2, -0.15) is 0 Å². The summed E-state index contributed by atoms with van der Waals surface area (Å²) in [5.74, 6) is 1.76. The lowest BCUT2D eigenvalue weighted by atomic mass is 10.1. The van der Waals surface area contributed by atoms with Gasteiger partial charge in [0, 0.05) is 18.5 Å². The Morgan fingerprint density at radius 2 is 2.11 bits per heavy atom. The molecular formula is C16H20N2O. The Labute approximate surface area is 113 Å². The number of benzene rings is 1. The summed E-state index contributed by atoms with van der Waals surface area (Å²) in [4.78, 5) is 6.97. The third-order valence-electron chi connectivity index (χ3n) is 4.24. The largest absolute Gasteiger partial charge is 0.392 e. The van der Waals surface area contributed by atoms with Gasteiger partial charge in [-0.3, -0.25) is 0 Å². The van der Waals surface area contributed by atoms with Crippen molar-refractivity contribution in [1.29, 1.82) is 0 Å². The maximum Gasteiger partial charge on any atom is 0.129 e. The predicted octanol–water partition coefficient (Wildman–Crippen LogP) is 2.96. The van der Waals surface area contributed by atoms with Crippen molar-refractivity contribution >= 4 is 16.7 Å². The minimum Gasteiger partial charge on any atom is -0.392 e. The molecule has 1 aromatic heterocycles. The molecule has 3 rings (SSSR count). The van der Waals surface area contributed by atoms with Crippen molar-refractivity contribution < 1.29 is 5.11 Å². The topological polar surface area (TPSA) is 36.4 Å². The first-order valence-electron chi connectivity index (χ1n) is 6.93. The van der Waals surface area contributed by atoms with Gasteiger partial charge in [0.25, 0.3) is 0 Å². The van der Waals surface area contributed by atoms with Crippen LogP contribution < -0.4 is 4.90 Å². The first kappa shape index (κ1) is 12.4. The van der Waals surface area contributed by atoms with Crippen molar-refractivity contribution in [3.8, 4) is 0 Å². The van der Waals surface area contributed by atoms with Gasteiger partial charge >= 0.3 is 0 Å². The quantitative estimate of drug-likeness (QED) is 0.913. The number of rotatable bonds is 4. The van der Waals surface area contributed by atoms with Gasteiger partial charge in [-0.15, -0.1) is 0 Å². The summed E-state index contributed by atoms with van der Waals surface area (Å²) >= 11 is 0. The minimum absolute atomic E-state index is 0.0572. The van der Waals surface area contributed by atoms with Crippen molar-refractivity contribution in [3.05, 3.63) is 35.9 Å². The lowest BCUT2D eigenvalue weighted by Crippen LogP contribution is -2.31. The van der Waals surface area contributed by atoms with Gasteiger partial charge in [0.15, 0.2) is 0 Å². The van der Waals surface area contributed by atoms with E-state index in [0.717, 1.165) is 28.2 Å². The van der Waals surface area contributed by atoms with E-state index in [1.807, 2.05) is 30.3 Å². The second-order valence-electron chi connectivity index (χ2n) is 5.50. The van der Waals surface area contributed by atoms with Crippen LogP contribution in [-0.2, 0) is 6.61 Å². The number of aromatic nitrogens is 1. The highest BCUT2D eigenvalue weighted by molar-refractivity contribution is 5.84. The number of anilines is 1. The average molecular weight is 256 g/mol. The van der Waals surface area contributed by atoms with Crippen LogP contribution in [0.4, 0.5) is 5.82 Å². The number of aliphatic hydroxyl groups is 1. The summed E-state index contributed by atoms with van der Waals surface area (Å²) in [6.07, 6.45) is 2.65. The highest BCUT2D eigenvalue weighted by atomic mass is 16.3. The molecule has 100 valence electrons. The molecule has 19 heavy (non-hydrogen) atoms. The Morgan fingerprint density at radius 1 is 1.37 bits per heavy atom. The molecule has 1 atom stereocenters. The van der Waals surface area contributed by atoms with Crippen LogP contribution in [0.5, 0.6) is 0 Å². The summed E-state index contributed by atoms with van der Waals surface area (Å²) < 4.78 is 0. The fourth-order valence-electron chi connectivity index (χ4n) is 2.65. The molecule has 0 aliphatic heterocycles. The Kier molecular flexibility index (Phi) is 3.15. The van der Waals surface area contributed by atoms with E-state index in [1.54, 1.807) is 0 Å². The summed E-state index contributed by atoms with van der Waals surface area (Å²) in [7, 11) is 2.10. The molecular weight excluding hydrogens is 236 g/mol. The Balaban J connectivity index is 2.03. The van der Waals surface area contributed by atoms with Crippen molar-refractivity contribution in [1.82, 2.24) is 4.98 Å². The third kappa shape index (κ3) is 2.30. The van der Waals surface area contributed by atoms with Crippen molar-refractivity contribution in [2.75, 3.05) is 11.9 Å². The van der Waals surface area contributed by atoms with E-state index in [9.17, 15) is 5.11 Å². The van der Waals surface area contributed by atoms with Crippen LogP contribution in [0.25, 0.3) is 10.9 Å². The van der Waals surface area contributed by atoms with Crippen LogP contribution in [0.15, 0.2) is 30.3 Å². The molecule has 1 aliphatic rings. The van der Waals surface area contributed by atoms with E-state index >= 15 is 0 Å². The summed E-state index contributed by atoms with van der Waals surface area (Å²) in [6, 6.07) is 10.5. The highest BCUT2D eigenvalue weighted by Crippen LogP contribution is 2.36. The normalized spacial score (nSPS) is 16.6. The first-order valence-corrected chi connectivity index (χ1v) is 6.93. The molecule has 0 spiro atoms. The molecule has 0 amide bonds. The van der Waals surface area contributed by atoms with Crippen molar-refractivity contribution in [2.45, 2.75) is 32.4 Å². The van der Waals surface area contributed by atoms with Gasteiger partial charge in [-0.05, 0) is 43.4 Å². The molecule has 2 aromatic rings. The number of aliphatic hydroxyl groups excluding tert-OH is 1. The van der Waals surface area contributed by atoms with Gasteiger partial charge in [0.2, 0.25) is 0 Å². The van der Waals surface area contributed by atoms with E-state index in [0.29, 0.717) is 6.04 Å². The second kappa shape index (κ2) is 4.82. The van der Waals surface area contributed by atoms with Gasteiger partial charge < -0.3 is 10.0 Å². The van der Waals surface area contributed by atoms with Crippen LogP contribution in [0.1, 0.15) is 25.3 Å². The lowest BCUT2D eigenvalue weighted by molar-refractivity contribution is 0.283. The molecule has 1 saturated carbocycles. The summed E-state index contributed by atoms with van der Waals surface area (Å²) in [6.45, 7) is 2.31. The smallest absolute Gasteiger partial charge is 0.129 e. The van der Waals surface area contributed by atoms with Crippen LogP contribution in [0.3, 0.4) is 0 Å². The fourth-order valence-corrected chi connectivity index (χ4v) is 2.65. The molecule has 3 nitrogen and oxygen atoms in total. The molecule has 3 heteroatoms. The molecule has 1 heterocycles. The van der Waals surface area contributed by atoms with Gasteiger partial charge in [0.1, 0.15) is 5.82 Å². The van der Waals surface area contributed by atoms with Crippen LogP contribution >= 0.6 is 0 Å². The van der Waals surface area contributed by atoms with E-state index in [1.165, 1.54) is 12.8 Å². The molecule has 1 fully saturated rings. The van der Waals surface area contributed by atoms with E-state index < -0.39 is 0 Å². The van der Waals surface area contributed by atoms with Crippen molar-refractivity contribution in [2.24, 2.45) is 5.92 Å². The van der Waals surface area contributed by atoms with Crippen molar-refractivity contribution in [3.63, 3.8) is 0 Å². The van der Waals surface area contributed by atoms with E-state index in [4.69, 9.17) is 4.98 Å². The SMILES string of the molecule is CC(C1CC1)N(C)c1cc(CO)c2ccccc2n1. The zero-order valence-electron chi connectivity index (χ0n) is 11.5. The number of pyridine rings is 1. The maximum atomic E-state index is 9.56. The number of nitrogens with zero attached hydrogens (tertiary/aromatic N) is 2. The third-order valence-corrected chi connectivity index (χ3v) is 4.24. The molecule has 0 bridgehead atoms. The number of hydrogen-bond acceptors (Lipinski definition) is 3. The standard InChI is InChI=1S/C16H20N2O/c1-11(12-7-8-12)18(2)16-9-13(10-19)14-5-3-4-6-15(14)17-16/h3-6,9,11-12,19H,7-8,10H2,1-2H3. The lowest BCUT2D eigenvalue weighted by Gasteiger charge is -2.26. The van der Waals surface area contributed by atoms with Crippen LogP contribution in [0, 0.1) is 5.92 Å². The number of para-hydroxylation sites is 1. The monoisotopic (exact) mass is 256 g/mol. The Hall–Kier alpha value is -1.61. The Morgan fingerprint density at radius 3 is 2.79 bits per heavy atom. The highest BCUT2D eigenvalue weighted by Gasteiger charge is 2.31.